The predicted molar refractivity (Wildman–Crippen MR) is 66.0 cm³/mol. The van der Waals surface area contributed by atoms with E-state index in [4.69, 9.17) is 0 Å². The molecule has 1 aromatic rings. The summed E-state index contributed by atoms with van der Waals surface area (Å²) in [5.74, 6) is 0.969. The van der Waals surface area contributed by atoms with Gasteiger partial charge in [-0.05, 0) is 37.4 Å². The minimum absolute atomic E-state index is 0.394. The molecule has 19 heavy (non-hydrogen) atoms. The molecule has 0 aromatic carbocycles. The SMILES string of the molecule is FC(F)(F)c1cccc(N2CC3CCCNC3C2)n1. The number of fused-ring (bicyclic) bond motifs is 1. The Hall–Kier alpha value is -1.30. The zero-order valence-corrected chi connectivity index (χ0v) is 10.5. The number of alkyl halides is 3. The first-order chi connectivity index (χ1) is 9.04. The van der Waals surface area contributed by atoms with Gasteiger partial charge in [-0.25, -0.2) is 4.98 Å². The molecule has 2 saturated heterocycles. The first kappa shape index (κ1) is 12.7. The lowest BCUT2D eigenvalue weighted by atomic mass is 9.94. The van der Waals surface area contributed by atoms with Gasteiger partial charge in [-0.15, -0.1) is 0 Å². The second-order valence-corrected chi connectivity index (χ2v) is 5.25. The number of rotatable bonds is 1. The smallest absolute Gasteiger partial charge is 0.355 e. The second kappa shape index (κ2) is 4.67. The number of aromatic nitrogens is 1. The van der Waals surface area contributed by atoms with Gasteiger partial charge < -0.3 is 10.2 Å². The Morgan fingerprint density at radius 1 is 1.26 bits per heavy atom. The molecule has 2 fully saturated rings. The molecular formula is C13H16F3N3. The lowest BCUT2D eigenvalue weighted by Gasteiger charge is -2.24. The van der Waals surface area contributed by atoms with Crippen molar-refractivity contribution < 1.29 is 13.2 Å². The van der Waals surface area contributed by atoms with E-state index in [0.717, 1.165) is 38.5 Å². The van der Waals surface area contributed by atoms with Gasteiger partial charge in [0, 0.05) is 19.1 Å². The molecule has 3 heterocycles. The summed E-state index contributed by atoms with van der Waals surface area (Å²) in [7, 11) is 0. The van der Waals surface area contributed by atoms with Crippen molar-refractivity contribution >= 4 is 5.82 Å². The highest BCUT2D eigenvalue weighted by Gasteiger charge is 2.36. The van der Waals surface area contributed by atoms with E-state index in [2.05, 4.69) is 10.3 Å². The normalized spacial score (nSPS) is 27.4. The third-order valence-corrected chi connectivity index (χ3v) is 3.95. The van der Waals surface area contributed by atoms with E-state index in [9.17, 15) is 13.2 Å². The standard InChI is InChI=1S/C13H16F3N3/c14-13(15,16)11-4-1-5-12(18-11)19-7-9-3-2-6-17-10(9)8-19/h1,4-5,9-10,17H,2-3,6-8H2. The molecule has 2 aliphatic heterocycles. The van der Waals surface area contributed by atoms with Crippen LogP contribution in [0, 0.1) is 5.92 Å². The molecule has 0 aliphatic carbocycles. The molecule has 0 radical (unpaired) electrons. The molecule has 2 atom stereocenters. The summed E-state index contributed by atoms with van der Waals surface area (Å²) in [6.45, 7) is 2.55. The lowest BCUT2D eigenvalue weighted by Crippen LogP contribution is -2.40. The van der Waals surface area contributed by atoms with E-state index in [1.807, 2.05) is 4.90 Å². The summed E-state index contributed by atoms with van der Waals surface area (Å²) >= 11 is 0. The molecule has 1 N–H and O–H groups in total. The quantitative estimate of drug-likeness (QED) is 0.849. The van der Waals surface area contributed by atoms with E-state index in [1.54, 1.807) is 6.07 Å². The molecule has 0 saturated carbocycles. The second-order valence-electron chi connectivity index (χ2n) is 5.25. The van der Waals surface area contributed by atoms with Gasteiger partial charge in [0.15, 0.2) is 0 Å². The maximum atomic E-state index is 12.7. The molecule has 0 spiro atoms. The number of anilines is 1. The average Bonchev–Trinajstić information content (AvgIpc) is 2.81. The van der Waals surface area contributed by atoms with E-state index in [1.165, 1.54) is 6.07 Å². The van der Waals surface area contributed by atoms with Crippen molar-refractivity contribution in [2.24, 2.45) is 5.92 Å². The van der Waals surface area contributed by atoms with Crippen LogP contribution in [0.4, 0.5) is 19.0 Å². The fourth-order valence-corrected chi connectivity index (χ4v) is 2.99. The van der Waals surface area contributed by atoms with Gasteiger partial charge in [-0.2, -0.15) is 13.2 Å². The lowest BCUT2D eigenvalue weighted by molar-refractivity contribution is -0.141. The van der Waals surface area contributed by atoms with Gasteiger partial charge >= 0.3 is 6.18 Å². The van der Waals surface area contributed by atoms with Gasteiger partial charge in [0.2, 0.25) is 0 Å². The summed E-state index contributed by atoms with van der Waals surface area (Å²) < 4.78 is 38.0. The number of pyridine rings is 1. The summed E-state index contributed by atoms with van der Waals surface area (Å²) in [4.78, 5) is 5.72. The van der Waals surface area contributed by atoms with Crippen LogP contribution in [0.1, 0.15) is 18.5 Å². The number of piperidine rings is 1. The summed E-state index contributed by atoms with van der Waals surface area (Å²) in [5, 5.41) is 3.43. The number of nitrogens with zero attached hydrogens (tertiary/aromatic N) is 2. The Morgan fingerprint density at radius 2 is 2.11 bits per heavy atom. The molecule has 104 valence electrons. The molecule has 2 aliphatic rings. The van der Waals surface area contributed by atoms with Gasteiger partial charge in [0.25, 0.3) is 0 Å². The molecule has 3 nitrogen and oxygen atoms in total. The Kier molecular flexibility index (Phi) is 3.12. The van der Waals surface area contributed by atoms with Gasteiger partial charge in [-0.1, -0.05) is 6.07 Å². The fourth-order valence-electron chi connectivity index (χ4n) is 2.99. The van der Waals surface area contributed by atoms with Crippen LogP contribution in [0.2, 0.25) is 0 Å². The summed E-state index contributed by atoms with van der Waals surface area (Å²) in [5.41, 5.74) is -0.812. The van der Waals surface area contributed by atoms with Crippen molar-refractivity contribution in [2.75, 3.05) is 24.5 Å². The van der Waals surface area contributed by atoms with Crippen molar-refractivity contribution in [2.45, 2.75) is 25.1 Å². The van der Waals surface area contributed by atoms with Gasteiger partial charge in [0.05, 0.1) is 0 Å². The van der Waals surface area contributed by atoms with E-state index in [-0.39, 0.29) is 0 Å². The zero-order chi connectivity index (χ0) is 13.5. The molecule has 1 aromatic heterocycles. The largest absolute Gasteiger partial charge is 0.433 e. The van der Waals surface area contributed by atoms with E-state index in [0.29, 0.717) is 17.8 Å². The minimum Gasteiger partial charge on any atom is -0.355 e. The maximum absolute atomic E-state index is 12.7. The van der Waals surface area contributed by atoms with Crippen LogP contribution in [-0.4, -0.2) is 30.7 Å². The van der Waals surface area contributed by atoms with Crippen LogP contribution < -0.4 is 10.2 Å². The molecular weight excluding hydrogens is 255 g/mol. The summed E-state index contributed by atoms with van der Waals surface area (Å²) in [6, 6.07) is 4.50. The Morgan fingerprint density at radius 3 is 2.84 bits per heavy atom. The highest BCUT2D eigenvalue weighted by atomic mass is 19.4. The van der Waals surface area contributed by atoms with Crippen molar-refractivity contribution in [3.05, 3.63) is 23.9 Å². The van der Waals surface area contributed by atoms with Crippen LogP contribution in [0.5, 0.6) is 0 Å². The van der Waals surface area contributed by atoms with Crippen molar-refractivity contribution in [3.63, 3.8) is 0 Å². The highest BCUT2D eigenvalue weighted by molar-refractivity contribution is 5.42. The molecule has 0 amide bonds. The molecule has 6 heteroatoms. The number of hydrogen-bond donors (Lipinski definition) is 1. The van der Waals surface area contributed by atoms with Crippen molar-refractivity contribution in [1.82, 2.24) is 10.3 Å². The Labute approximate surface area is 109 Å². The molecule has 0 bridgehead atoms. The van der Waals surface area contributed by atoms with Crippen LogP contribution >= 0.6 is 0 Å². The van der Waals surface area contributed by atoms with Crippen LogP contribution in [0.15, 0.2) is 18.2 Å². The average molecular weight is 271 g/mol. The van der Waals surface area contributed by atoms with Gasteiger partial charge in [-0.3, -0.25) is 0 Å². The van der Waals surface area contributed by atoms with Crippen molar-refractivity contribution in [1.29, 1.82) is 0 Å². The zero-order valence-electron chi connectivity index (χ0n) is 10.5. The number of hydrogen-bond acceptors (Lipinski definition) is 3. The van der Waals surface area contributed by atoms with Crippen molar-refractivity contribution in [3.8, 4) is 0 Å². The topological polar surface area (TPSA) is 28.2 Å². The first-order valence-corrected chi connectivity index (χ1v) is 6.56. The third kappa shape index (κ3) is 2.54. The van der Waals surface area contributed by atoms with E-state index < -0.39 is 11.9 Å². The Bertz CT molecular complexity index is 447. The van der Waals surface area contributed by atoms with Gasteiger partial charge in [0.1, 0.15) is 11.5 Å². The van der Waals surface area contributed by atoms with E-state index >= 15 is 0 Å². The third-order valence-electron chi connectivity index (χ3n) is 3.95. The predicted octanol–water partition coefficient (Wildman–Crippen LogP) is 2.29. The Balaban J connectivity index is 1.80. The maximum Gasteiger partial charge on any atom is 0.433 e. The van der Waals surface area contributed by atoms with Crippen LogP contribution in [0.3, 0.4) is 0 Å². The minimum atomic E-state index is -4.37. The number of nitrogens with one attached hydrogen (secondary N) is 1. The van der Waals surface area contributed by atoms with Crippen LogP contribution in [0.25, 0.3) is 0 Å². The fraction of sp³-hybridized carbons (Fsp3) is 0.615. The van der Waals surface area contributed by atoms with Crippen LogP contribution in [-0.2, 0) is 6.18 Å². The summed E-state index contributed by atoms with van der Waals surface area (Å²) in [6.07, 6.45) is -2.08. The highest BCUT2D eigenvalue weighted by Crippen LogP contribution is 2.31. The first-order valence-electron chi connectivity index (χ1n) is 6.56. The molecule has 2 unspecified atom stereocenters. The monoisotopic (exact) mass is 271 g/mol. The molecule has 3 rings (SSSR count). The number of halogens is 3.